The summed E-state index contributed by atoms with van der Waals surface area (Å²) in [6.45, 7) is 2.32. The predicted octanol–water partition coefficient (Wildman–Crippen LogP) is 4.07. The molecule has 0 radical (unpaired) electrons. The second kappa shape index (κ2) is 6.02. The summed E-state index contributed by atoms with van der Waals surface area (Å²) >= 11 is 0. The summed E-state index contributed by atoms with van der Waals surface area (Å²) < 4.78 is 23.7. The Balaban J connectivity index is 1.85. The average molecular weight is 298 g/mol. The van der Waals surface area contributed by atoms with Crippen molar-refractivity contribution in [2.45, 2.75) is 20.0 Å². The first kappa shape index (κ1) is 14.3. The van der Waals surface area contributed by atoms with Crippen molar-refractivity contribution in [3.63, 3.8) is 0 Å². The van der Waals surface area contributed by atoms with E-state index in [1.807, 2.05) is 19.1 Å². The largest absolute Gasteiger partial charge is 0.489 e. The van der Waals surface area contributed by atoms with Crippen LogP contribution in [0.1, 0.15) is 18.1 Å². The fraction of sp³-hybridized carbons (Fsp3) is 0.167. The highest BCUT2D eigenvalue weighted by Crippen LogP contribution is 2.23. The van der Waals surface area contributed by atoms with E-state index in [1.165, 1.54) is 18.2 Å². The maximum Gasteiger partial charge on any atom is 0.336 e. The van der Waals surface area contributed by atoms with E-state index in [1.54, 1.807) is 18.2 Å². The lowest BCUT2D eigenvalue weighted by Gasteiger charge is -2.08. The highest BCUT2D eigenvalue weighted by atomic mass is 19.1. The molecule has 0 spiro atoms. The van der Waals surface area contributed by atoms with E-state index in [0.29, 0.717) is 17.9 Å². The first-order chi connectivity index (χ1) is 10.7. The Hall–Kier alpha value is -2.62. The smallest absolute Gasteiger partial charge is 0.336 e. The average Bonchev–Trinajstić information content (AvgIpc) is 2.53. The Morgan fingerprint density at radius 1 is 1.09 bits per heavy atom. The van der Waals surface area contributed by atoms with Crippen LogP contribution in [-0.4, -0.2) is 0 Å². The van der Waals surface area contributed by atoms with Crippen LogP contribution in [0.2, 0.25) is 0 Å². The van der Waals surface area contributed by atoms with Gasteiger partial charge in [-0.25, -0.2) is 9.18 Å². The minimum Gasteiger partial charge on any atom is -0.489 e. The van der Waals surface area contributed by atoms with Crippen molar-refractivity contribution in [2.24, 2.45) is 0 Å². The first-order valence-electron chi connectivity index (χ1n) is 7.10. The van der Waals surface area contributed by atoms with Gasteiger partial charge in [0.1, 0.15) is 23.8 Å². The number of rotatable bonds is 4. The van der Waals surface area contributed by atoms with Crippen LogP contribution in [0, 0.1) is 5.82 Å². The molecule has 0 saturated heterocycles. The van der Waals surface area contributed by atoms with Gasteiger partial charge in [0.2, 0.25) is 0 Å². The van der Waals surface area contributed by atoms with Gasteiger partial charge in [0.05, 0.1) is 0 Å². The summed E-state index contributed by atoms with van der Waals surface area (Å²) in [7, 11) is 0. The van der Waals surface area contributed by atoms with Crippen molar-refractivity contribution in [3.8, 4) is 5.75 Å². The molecule has 112 valence electrons. The minimum atomic E-state index is -0.361. The molecular weight excluding hydrogens is 283 g/mol. The molecule has 0 bridgehead atoms. The Labute approximate surface area is 127 Å². The maximum atomic E-state index is 12.9. The number of hydrogen-bond donors (Lipinski definition) is 0. The van der Waals surface area contributed by atoms with Gasteiger partial charge in [0.15, 0.2) is 0 Å². The topological polar surface area (TPSA) is 39.4 Å². The second-order valence-corrected chi connectivity index (χ2v) is 5.02. The van der Waals surface area contributed by atoms with Crippen molar-refractivity contribution in [2.75, 3.05) is 0 Å². The van der Waals surface area contributed by atoms with Crippen LogP contribution in [0.3, 0.4) is 0 Å². The third-order valence-electron chi connectivity index (χ3n) is 3.50. The molecule has 3 nitrogen and oxygen atoms in total. The molecule has 0 fully saturated rings. The molecule has 0 aliphatic heterocycles. The van der Waals surface area contributed by atoms with E-state index in [2.05, 4.69) is 0 Å². The molecule has 3 aromatic rings. The standard InChI is InChI=1S/C18H15FO3/c1-2-13-9-18(20)22-17-10-15(7-8-16(13)17)21-11-12-3-5-14(19)6-4-12/h3-10H,2,11H2,1H3. The number of halogens is 1. The van der Waals surface area contributed by atoms with E-state index < -0.39 is 0 Å². The Kier molecular flexibility index (Phi) is 3.92. The van der Waals surface area contributed by atoms with Crippen molar-refractivity contribution in [1.82, 2.24) is 0 Å². The van der Waals surface area contributed by atoms with Crippen LogP contribution in [0.15, 0.2) is 57.7 Å². The summed E-state index contributed by atoms with van der Waals surface area (Å²) in [5.74, 6) is 0.330. The molecule has 1 heterocycles. The van der Waals surface area contributed by atoms with Gasteiger partial charge in [-0.3, -0.25) is 0 Å². The summed E-state index contributed by atoms with van der Waals surface area (Å²) in [6.07, 6.45) is 0.762. The zero-order chi connectivity index (χ0) is 15.5. The number of ether oxygens (including phenoxy) is 1. The number of hydrogen-bond acceptors (Lipinski definition) is 3. The molecule has 0 N–H and O–H groups in total. The molecule has 22 heavy (non-hydrogen) atoms. The molecule has 4 heteroatoms. The zero-order valence-corrected chi connectivity index (χ0v) is 12.1. The van der Waals surface area contributed by atoms with Crippen LogP contribution in [0.4, 0.5) is 4.39 Å². The molecule has 0 saturated carbocycles. The first-order valence-corrected chi connectivity index (χ1v) is 7.10. The zero-order valence-electron chi connectivity index (χ0n) is 12.1. The molecule has 1 aromatic heterocycles. The van der Waals surface area contributed by atoms with Crippen LogP contribution >= 0.6 is 0 Å². The van der Waals surface area contributed by atoms with Crippen LogP contribution < -0.4 is 10.4 Å². The van der Waals surface area contributed by atoms with Crippen LogP contribution in [0.5, 0.6) is 5.75 Å². The molecule has 0 aliphatic rings. The third-order valence-corrected chi connectivity index (χ3v) is 3.50. The Morgan fingerprint density at radius 2 is 1.86 bits per heavy atom. The van der Waals surface area contributed by atoms with Gasteiger partial charge in [0, 0.05) is 17.5 Å². The van der Waals surface area contributed by atoms with Crippen molar-refractivity contribution in [1.29, 1.82) is 0 Å². The lowest BCUT2D eigenvalue weighted by Crippen LogP contribution is -2.00. The fourth-order valence-corrected chi connectivity index (χ4v) is 2.34. The maximum absolute atomic E-state index is 12.9. The number of aryl methyl sites for hydroxylation is 1. The summed E-state index contributed by atoms with van der Waals surface area (Å²) in [6, 6.07) is 13.1. The van der Waals surface area contributed by atoms with E-state index in [9.17, 15) is 9.18 Å². The SMILES string of the molecule is CCc1cc(=O)oc2cc(OCc3ccc(F)cc3)ccc12. The Morgan fingerprint density at radius 3 is 2.59 bits per heavy atom. The minimum absolute atomic E-state index is 0.275. The summed E-state index contributed by atoms with van der Waals surface area (Å²) in [5, 5.41) is 0.913. The molecule has 2 aromatic carbocycles. The Bertz CT molecular complexity index is 850. The van der Waals surface area contributed by atoms with Crippen molar-refractivity contribution < 1.29 is 13.5 Å². The quantitative estimate of drug-likeness (QED) is 0.681. The monoisotopic (exact) mass is 298 g/mol. The lowest BCUT2D eigenvalue weighted by molar-refractivity contribution is 0.306. The number of benzene rings is 2. The highest BCUT2D eigenvalue weighted by molar-refractivity contribution is 5.81. The van der Waals surface area contributed by atoms with E-state index in [0.717, 1.165) is 22.9 Å². The van der Waals surface area contributed by atoms with E-state index in [-0.39, 0.29) is 11.4 Å². The molecule has 0 amide bonds. The predicted molar refractivity (Wildman–Crippen MR) is 82.6 cm³/mol. The summed E-state index contributed by atoms with van der Waals surface area (Å²) in [4.78, 5) is 11.5. The van der Waals surface area contributed by atoms with Crippen molar-refractivity contribution >= 4 is 11.0 Å². The van der Waals surface area contributed by atoms with Gasteiger partial charge in [-0.15, -0.1) is 0 Å². The molecule has 0 atom stereocenters. The van der Waals surface area contributed by atoms with Gasteiger partial charge in [-0.05, 0) is 41.8 Å². The fourth-order valence-electron chi connectivity index (χ4n) is 2.34. The van der Waals surface area contributed by atoms with Gasteiger partial charge >= 0.3 is 5.63 Å². The van der Waals surface area contributed by atoms with Gasteiger partial charge in [-0.1, -0.05) is 19.1 Å². The molecule has 3 rings (SSSR count). The molecular formula is C18H15FO3. The van der Waals surface area contributed by atoms with E-state index >= 15 is 0 Å². The lowest BCUT2D eigenvalue weighted by atomic mass is 10.1. The molecule has 0 unspecified atom stereocenters. The van der Waals surface area contributed by atoms with Gasteiger partial charge in [0.25, 0.3) is 0 Å². The summed E-state index contributed by atoms with van der Waals surface area (Å²) in [5.41, 5.74) is 1.97. The van der Waals surface area contributed by atoms with E-state index in [4.69, 9.17) is 9.15 Å². The molecule has 0 aliphatic carbocycles. The second-order valence-electron chi connectivity index (χ2n) is 5.02. The van der Waals surface area contributed by atoms with Crippen LogP contribution in [-0.2, 0) is 13.0 Å². The van der Waals surface area contributed by atoms with Gasteiger partial charge < -0.3 is 9.15 Å². The van der Waals surface area contributed by atoms with Gasteiger partial charge in [-0.2, -0.15) is 0 Å². The normalized spacial score (nSPS) is 10.8. The number of fused-ring (bicyclic) bond motifs is 1. The third kappa shape index (κ3) is 3.01. The van der Waals surface area contributed by atoms with Crippen molar-refractivity contribution in [3.05, 3.63) is 75.9 Å². The van der Waals surface area contributed by atoms with Crippen LogP contribution in [0.25, 0.3) is 11.0 Å². The highest BCUT2D eigenvalue weighted by Gasteiger charge is 2.06.